The van der Waals surface area contributed by atoms with E-state index in [0.29, 0.717) is 36.6 Å². The number of fused-ring (bicyclic) bond motifs is 3. The molecule has 11 heteroatoms. The average Bonchev–Trinajstić information content (AvgIpc) is 3.35. The fourth-order valence-corrected chi connectivity index (χ4v) is 9.88. The highest BCUT2D eigenvalue weighted by molar-refractivity contribution is 7.89. The van der Waals surface area contributed by atoms with Crippen molar-refractivity contribution >= 4 is 44.1 Å². The summed E-state index contributed by atoms with van der Waals surface area (Å²) in [6.45, 7) is 9.45. The third kappa shape index (κ3) is 5.12. The third-order valence-corrected chi connectivity index (χ3v) is 11.3. The fourth-order valence-electron chi connectivity index (χ4n) is 6.86. The molecule has 39 heavy (non-hydrogen) atoms. The van der Waals surface area contributed by atoms with E-state index in [1.54, 1.807) is 9.21 Å². The summed E-state index contributed by atoms with van der Waals surface area (Å²) in [6, 6.07) is 5.93. The highest BCUT2D eigenvalue weighted by Crippen LogP contribution is 2.53. The Labute approximate surface area is 233 Å². The second-order valence-corrected chi connectivity index (χ2v) is 15.1. The van der Waals surface area contributed by atoms with Crippen molar-refractivity contribution < 1.29 is 27.5 Å². The van der Waals surface area contributed by atoms with Crippen LogP contribution in [0.2, 0.25) is 0 Å². The van der Waals surface area contributed by atoms with Crippen molar-refractivity contribution in [2.45, 2.75) is 70.9 Å². The Morgan fingerprint density at radius 2 is 1.79 bits per heavy atom. The first kappa shape index (κ1) is 27.8. The number of hydrogen-bond acceptors (Lipinski definition) is 7. The molecule has 0 unspecified atom stereocenters. The molecule has 0 radical (unpaired) electrons. The van der Waals surface area contributed by atoms with Gasteiger partial charge in [-0.3, -0.25) is 9.59 Å². The van der Waals surface area contributed by atoms with Crippen molar-refractivity contribution in [2.24, 2.45) is 10.8 Å². The number of benzene rings is 1. The quantitative estimate of drug-likeness (QED) is 0.535. The molecule has 3 heterocycles. The second-order valence-electron chi connectivity index (χ2n) is 12.1. The topological polar surface area (TPSA) is 113 Å². The zero-order valence-corrected chi connectivity index (χ0v) is 24.6. The van der Waals surface area contributed by atoms with E-state index in [4.69, 9.17) is 4.74 Å². The summed E-state index contributed by atoms with van der Waals surface area (Å²) in [7, 11) is -2.42. The van der Waals surface area contributed by atoms with Crippen molar-refractivity contribution in [1.29, 1.82) is 0 Å². The number of esters is 1. The van der Waals surface area contributed by atoms with Crippen molar-refractivity contribution in [3.63, 3.8) is 0 Å². The lowest BCUT2D eigenvalue weighted by atomic mass is 9.65. The van der Waals surface area contributed by atoms with Gasteiger partial charge in [-0.05, 0) is 66.3 Å². The van der Waals surface area contributed by atoms with Crippen LogP contribution in [0, 0.1) is 10.8 Å². The van der Waals surface area contributed by atoms with Crippen molar-refractivity contribution in [3.05, 3.63) is 45.8 Å². The summed E-state index contributed by atoms with van der Waals surface area (Å²) < 4.78 is 33.8. The maximum Gasteiger partial charge on any atom is 0.341 e. The minimum Gasteiger partial charge on any atom is -0.465 e. The molecule has 2 fully saturated rings. The lowest BCUT2D eigenvalue weighted by Crippen LogP contribution is -2.37. The number of hydrogen-bond donors (Lipinski definition) is 1. The van der Waals surface area contributed by atoms with Crippen LogP contribution in [0.5, 0.6) is 0 Å². The van der Waals surface area contributed by atoms with Gasteiger partial charge < -0.3 is 15.0 Å². The number of amides is 2. The average molecular weight is 574 g/mol. The van der Waals surface area contributed by atoms with Crippen LogP contribution in [0.4, 0.5) is 5.00 Å². The van der Waals surface area contributed by atoms with Gasteiger partial charge in [0, 0.05) is 36.5 Å². The summed E-state index contributed by atoms with van der Waals surface area (Å²) in [5.74, 6) is -1.06. The molecule has 1 aliphatic carbocycles. The van der Waals surface area contributed by atoms with Gasteiger partial charge in [0.1, 0.15) is 5.00 Å². The number of carbonyl (C=O) groups is 3. The molecule has 9 nitrogen and oxygen atoms in total. The number of methoxy groups -OCH3 is 1. The molecule has 1 N–H and O–H groups in total. The molecule has 3 aliphatic rings. The van der Waals surface area contributed by atoms with Crippen LogP contribution in [0.1, 0.15) is 78.1 Å². The zero-order valence-electron chi connectivity index (χ0n) is 23.0. The van der Waals surface area contributed by atoms with E-state index in [-0.39, 0.29) is 33.2 Å². The van der Waals surface area contributed by atoms with Gasteiger partial charge in [0.25, 0.3) is 5.91 Å². The van der Waals surface area contributed by atoms with Gasteiger partial charge in [-0.2, -0.15) is 4.31 Å². The van der Waals surface area contributed by atoms with Gasteiger partial charge in [0.05, 0.1) is 24.1 Å². The SMILES string of the molecule is COC(=O)c1c(NC(=O)c2ccc(S(=O)(=O)N3C[C@@]4(C)C[C@H]3CC(C)(C)C4)cc2)sc2c1CCN(C(C)=O)C2. The first-order valence-electron chi connectivity index (χ1n) is 13.1. The monoisotopic (exact) mass is 573 g/mol. The number of sulfonamides is 1. The number of carbonyl (C=O) groups excluding carboxylic acids is 3. The Hall–Kier alpha value is -2.76. The highest BCUT2D eigenvalue weighted by Gasteiger charge is 2.53. The van der Waals surface area contributed by atoms with E-state index in [2.05, 4.69) is 26.1 Å². The molecule has 2 aliphatic heterocycles. The van der Waals surface area contributed by atoms with Crippen LogP contribution in [-0.2, 0) is 32.5 Å². The highest BCUT2D eigenvalue weighted by atomic mass is 32.2. The first-order valence-corrected chi connectivity index (χ1v) is 15.4. The maximum absolute atomic E-state index is 13.6. The first-order chi connectivity index (χ1) is 18.2. The standard InChI is InChI=1S/C28H35N3O6S2/c1-17(32)30-11-10-21-22(14-30)38-25(23(21)26(34)37-5)29-24(33)18-6-8-20(9-7-18)39(35,36)31-16-28(4)13-19(31)12-27(2,3)15-28/h6-9,19H,10-16H2,1-5H3,(H,29,33)/t19-,28+/m1/s1. The van der Waals surface area contributed by atoms with Gasteiger partial charge in [-0.15, -0.1) is 11.3 Å². The molecule has 1 saturated heterocycles. The molecule has 2 atom stereocenters. The van der Waals surface area contributed by atoms with E-state index in [1.807, 2.05) is 0 Å². The molecular weight excluding hydrogens is 538 g/mol. The molecule has 5 rings (SSSR count). The Balaban J connectivity index is 1.36. The van der Waals surface area contributed by atoms with Crippen LogP contribution in [0.3, 0.4) is 0 Å². The van der Waals surface area contributed by atoms with E-state index >= 15 is 0 Å². The molecule has 1 saturated carbocycles. The van der Waals surface area contributed by atoms with Gasteiger partial charge in [-0.25, -0.2) is 13.2 Å². The Bertz CT molecular complexity index is 1450. The minimum absolute atomic E-state index is 0.0211. The largest absolute Gasteiger partial charge is 0.465 e. The van der Waals surface area contributed by atoms with E-state index in [0.717, 1.165) is 29.7 Å². The van der Waals surface area contributed by atoms with Crippen LogP contribution in [-0.4, -0.2) is 61.6 Å². The lowest BCUT2D eigenvalue weighted by Gasteiger charge is -2.39. The molecule has 210 valence electrons. The predicted molar refractivity (Wildman–Crippen MR) is 148 cm³/mol. The summed E-state index contributed by atoms with van der Waals surface area (Å²) in [5.41, 5.74) is 1.43. The molecular formula is C28H35N3O6S2. The van der Waals surface area contributed by atoms with Gasteiger partial charge in [0.2, 0.25) is 15.9 Å². The number of rotatable bonds is 5. The van der Waals surface area contributed by atoms with Crippen LogP contribution < -0.4 is 5.32 Å². The number of ether oxygens (including phenoxy) is 1. The summed E-state index contributed by atoms with van der Waals surface area (Å²) >= 11 is 1.25. The number of nitrogens with one attached hydrogen (secondary N) is 1. The summed E-state index contributed by atoms with van der Waals surface area (Å²) in [4.78, 5) is 40.3. The Kier molecular flexibility index (Phi) is 6.92. The zero-order chi connectivity index (χ0) is 28.3. The van der Waals surface area contributed by atoms with Crippen LogP contribution >= 0.6 is 11.3 Å². The van der Waals surface area contributed by atoms with Gasteiger partial charge in [-0.1, -0.05) is 20.8 Å². The van der Waals surface area contributed by atoms with E-state index < -0.39 is 21.9 Å². The van der Waals surface area contributed by atoms with Gasteiger partial charge >= 0.3 is 5.97 Å². The van der Waals surface area contributed by atoms with Gasteiger partial charge in [0.15, 0.2) is 0 Å². The smallest absolute Gasteiger partial charge is 0.341 e. The Morgan fingerprint density at radius 3 is 2.44 bits per heavy atom. The Morgan fingerprint density at radius 1 is 1.10 bits per heavy atom. The fraction of sp³-hybridized carbons (Fsp3) is 0.536. The summed E-state index contributed by atoms with van der Waals surface area (Å²) in [6.07, 6.45) is 3.19. The predicted octanol–water partition coefficient (Wildman–Crippen LogP) is 4.28. The van der Waals surface area contributed by atoms with Crippen molar-refractivity contribution in [1.82, 2.24) is 9.21 Å². The van der Waals surface area contributed by atoms with Crippen molar-refractivity contribution in [2.75, 3.05) is 25.5 Å². The normalized spacial score (nSPS) is 24.2. The minimum atomic E-state index is -3.71. The van der Waals surface area contributed by atoms with Crippen molar-refractivity contribution in [3.8, 4) is 0 Å². The molecule has 1 aromatic carbocycles. The molecule has 1 aromatic heterocycles. The van der Waals surface area contributed by atoms with E-state index in [9.17, 15) is 22.8 Å². The molecule has 0 spiro atoms. The van der Waals surface area contributed by atoms with Crippen LogP contribution in [0.15, 0.2) is 29.2 Å². The lowest BCUT2D eigenvalue weighted by molar-refractivity contribution is -0.129. The third-order valence-electron chi connectivity index (χ3n) is 8.21. The van der Waals surface area contributed by atoms with Crippen LogP contribution in [0.25, 0.3) is 0 Å². The van der Waals surface area contributed by atoms with E-state index in [1.165, 1.54) is 49.6 Å². The summed E-state index contributed by atoms with van der Waals surface area (Å²) in [5, 5.41) is 3.18. The number of anilines is 1. The maximum atomic E-state index is 13.6. The number of thiophene rings is 1. The molecule has 2 bridgehead atoms. The molecule has 2 amide bonds. The molecule has 2 aromatic rings. The number of nitrogens with zero attached hydrogens (tertiary/aromatic N) is 2. The second kappa shape index (κ2) is 9.71.